The molecule has 1 aliphatic heterocycles. The topological polar surface area (TPSA) is 100 Å². The number of amides is 1. The Morgan fingerprint density at radius 2 is 1.64 bits per heavy atom. The van der Waals surface area contributed by atoms with Crippen LogP contribution in [-0.4, -0.2) is 62.3 Å². The van der Waals surface area contributed by atoms with Crippen molar-refractivity contribution in [2.75, 3.05) is 13.8 Å². The minimum absolute atomic E-state index is 0.437. The fourth-order valence-electron chi connectivity index (χ4n) is 2.28. The number of alkyl halides is 1. The van der Waals surface area contributed by atoms with E-state index < -0.39 is 55.2 Å². The summed E-state index contributed by atoms with van der Waals surface area (Å²) in [6.45, 7) is 2.55. The van der Waals surface area contributed by atoms with Crippen molar-refractivity contribution < 1.29 is 37.7 Å². The first-order valence-corrected chi connectivity index (χ1v) is 6.65. The Morgan fingerprint density at radius 1 is 1.09 bits per heavy atom. The van der Waals surface area contributed by atoms with Gasteiger partial charge < -0.3 is 24.3 Å². The molecule has 126 valence electrons. The maximum atomic E-state index is 13.2. The molecule has 0 saturated carbocycles. The molecule has 1 fully saturated rings. The summed E-state index contributed by atoms with van der Waals surface area (Å²) in [4.78, 5) is 33.9. The SMILES string of the molecule is CO[C@H]1O[C@H](CF)[C@@H](OC(C)=O)[C@H](OC(C)=O)[C@H]1NC(C)=O. The van der Waals surface area contributed by atoms with E-state index in [1.165, 1.54) is 14.0 Å². The van der Waals surface area contributed by atoms with Gasteiger partial charge in [-0.05, 0) is 0 Å². The van der Waals surface area contributed by atoms with E-state index >= 15 is 0 Å². The van der Waals surface area contributed by atoms with Gasteiger partial charge in [-0.1, -0.05) is 0 Å². The van der Waals surface area contributed by atoms with Gasteiger partial charge in [0.1, 0.15) is 18.8 Å². The summed E-state index contributed by atoms with van der Waals surface area (Å²) >= 11 is 0. The molecule has 9 heteroatoms. The second kappa shape index (κ2) is 8.04. The van der Waals surface area contributed by atoms with Crippen LogP contribution >= 0.6 is 0 Å². The monoisotopic (exact) mass is 321 g/mol. The van der Waals surface area contributed by atoms with E-state index in [0.717, 1.165) is 13.8 Å². The molecule has 22 heavy (non-hydrogen) atoms. The molecule has 1 N–H and O–H groups in total. The molecule has 0 radical (unpaired) electrons. The van der Waals surface area contributed by atoms with E-state index in [4.69, 9.17) is 18.9 Å². The highest BCUT2D eigenvalue weighted by Crippen LogP contribution is 2.27. The van der Waals surface area contributed by atoms with Crippen LogP contribution < -0.4 is 5.32 Å². The first-order chi connectivity index (χ1) is 10.3. The molecule has 1 aliphatic rings. The summed E-state index contributed by atoms with van der Waals surface area (Å²) < 4.78 is 33.7. The van der Waals surface area contributed by atoms with Gasteiger partial charge in [0.15, 0.2) is 18.5 Å². The number of hydrogen-bond acceptors (Lipinski definition) is 7. The lowest BCUT2D eigenvalue weighted by atomic mass is 9.96. The molecular weight excluding hydrogens is 301 g/mol. The standard InChI is InChI=1S/C13H20FNO7/c1-6(16)15-10-12(21-8(3)18)11(20-7(2)17)9(5-14)22-13(10)19-4/h9-13H,5H2,1-4H3,(H,15,16)/t9-,10-,11-,12-,13+/m1/s1. The van der Waals surface area contributed by atoms with E-state index in [9.17, 15) is 18.8 Å². The van der Waals surface area contributed by atoms with Crippen molar-refractivity contribution in [2.24, 2.45) is 0 Å². The lowest BCUT2D eigenvalue weighted by Gasteiger charge is -2.44. The zero-order chi connectivity index (χ0) is 16.9. The first-order valence-electron chi connectivity index (χ1n) is 6.65. The van der Waals surface area contributed by atoms with Crippen LogP contribution in [0.1, 0.15) is 20.8 Å². The highest BCUT2D eigenvalue weighted by Gasteiger charge is 2.50. The molecule has 1 amide bonds. The molecule has 1 saturated heterocycles. The third-order valence-electron chi connectivity index (χ3n) is 3.00. The molecule has 0 aromatic rings. The summed E-state index contributed by atoms with van der Waals surface area (Å²) in [6, 6.07) is -0.946. The normalized spacial score (nSPS) is 31.2. The maximum absolute atomic E-state index is 13.2. The number of carbonyl (C=O) groups excluding carboxylic acids is 3. The number of esters is 2. The van der Waals surface area contributed by atoms with Crippen LogP contribution in [0.2, 0.25) is 0 Å². The number of carbonyl (C=O) groups is 3. The van der Waals surface area contributed by atoms with Crippen molar-refractivity contribution >= 4 is 17.8 Å². The van der Waals surface area contributed by atoms with Crippen LogP contribution in [0.25, 0.3) is 0 Å². The van der Waals surface area contributed by atoms with E-state index in [-0.39, 0.29) is 0 Å². The molecule has 1 heterocycles. The minimum Gasteiger partial charge on any atom is -0.456 e. The van der Waals surface area contributed by atoms with Gasteiger partial charge in [0.05, 0.1) is 0 Å². The number of methoxy groups -OCH3 is 1. The van der Waals surface area contributed by atoms with Crippen LogP contribution in [-0.2, 0) is 33.3 Å². The molecule has 0 aromatic carbocycles. The number of ether oxygens (including phenoxy) is 4. The average Bonchev–Trinajstić information content (AvgIpc) is 2.41. The number of rotatable bonds is 5. The van der Waals surface area contributed by atoms with Crippen molar-refractivity contribution in [3.8, 4) is 0 Å². The zero-order valence-electron chi connectivity index (χ0n) is 12.8. The molecule has 0 aromatic heterocycles. The molecule has 0 spiro atoms. The van der Waals surface area contributed by atoms with Crippen molar-refractivity contribution in [1.82, 2.24) is 5.32 Å². The Kier molecular flexibility index (Phi) is 6.69. The van der Waals surface area contributed by atoms with E-state index in [1.54, 1.807) is 0 Å². The Hall–Kier alpha value is -1.74. The Bertz CT molecular complexity index is 401. The third-order valence-corrected chi connectivity index (χ3v) is 3.00. The largest absolute Gasteiger partial charge is 0.456 e. The highest BCUT2D eigenvalue weighted by molar-refractivity contribution is 5.73. The second-order valence-electron chi connectivity index (χ2n) is 4.81. The predicted octanol–water partition coefficient (Wildman–Crippen LogP) is -0.305. The molecule has 8 nitrogen and oxygen atoms in total. The molecule has 0 bridgehead atoms. The maximum Gasteiger partial charge on any atom is 0.303 e. The van der Waals surface area contributed by atoms with E-state index in [0.29, 0.717) is 0 Å². The van der Waals surface area contributed by atoms with E-state index in [2.05, 4.69) is 5.32 Å². The van der Waals surface area contributed by atoms with Gasteiger partial charge in [0.25, 0.3) is 0 Å². The fraction of sp³-hybridized carbons (Fsp3) is 0.769. The summed E-state index contributed by atoms with van der Waals surface area (Å²) in [6.07, 6.45) is -4.57. The minimum atomic E-state index is -1.20. The fourth-order valence-corrected chi connectivity index (χ4v) is 2.28. The van der Waals surface area contributed by atoms with Gasteiger partial charge >= 0.3 is 11.9 Å². The Balaban J connectivity index is 3.14. The highest BCUT2D eigenvalue weighted by atomic mass is 19.1. The Morgan fingerprint density at radius 3 is 2.05 bits per heavy atom. The number of hydrogen-bond donors (Lipinski definition) is 1. The smallest absolute Gasteiger partial charge is 0.303 e. The number of halogens is 1. The van der Waals surface area contributed by atoms with Crippen LogP contribution in [0.3, 0.4) is 0 Å². The van der Waals surface area contributed by atoms with Crippen LogP contribution in [0.15, 0.2) is 0 Å². The van der Waals surface area contributed by atoms with Gasteiger partial charge in [-0.2, -0.15) is 0 Å². The average molecular weight is 321 g/mol. The molecular formula is C13H20FNO7. The third kappa shape index (κ3) is 4.63. The molecule has 5 atom stereocenters. The predicted molar refractivity (Wildman–Crippen MR) is 70.4 cm³/mol. The summed E-state index contributed by atoms with van der Waals surface area (Å²) in [5, 5.41) is 2.51. The zero-order valence-corrected chi connectivity index (χ0v) is 12.8. The van der Waals surface area contributed by atoms with Gasteiger partial charge in [-0.25, -0.2) is 4.39 Å². The lowest BCUT2D eigenvalue weighted by molar-refractivity contribution is -0.267. The molecule has 1 rings (SSSR count). The van der Waals surface area contributed by atoms with Gasteiger partial charge in [0.2, 0.25) is 5.91 Å². The van der Waals surface area contributed by atoms with Crippen molar-refractivity contribution in [1.29, 1.82) is 0 Å². The number of nitrogens with one attached hydrogen (secondary N) is 1. The summed E-state index contributed by atoms with van der Waals surface area (Å²) in [5.41, 5.74) is 0. The van der Waals surface area contributed by atoms with Crippen molar-refractivity contribution in [2.45, 2.75) is 51.4 Å². The second-order valence-corrected chi connectivity index (χ2v) is 4.81. The lowest BCUT2D eigenvalue weighted by Crippen LogP contribution is -2.66. The van der Waals surface area contributed by atoms with E-state index in [1.807, 2.05) is 0 Å². The van der Waals surface area contributed by atoms with Crippen molar-refractivity contribution in [3.63, 3.8) is 0 Å². The quantitative estimate of drug-likeness (QED) is 0.694. The van der Waals surface area contributed by atoms with Gasteiger partial charge in [-0.3, -0.25) is 14.4 Å². The van der Waals surface area contributed by atoms with Crippen LogP contribution in [0.5, 0.6) is 0 Å². The van der Waals surface area contributed by atoms with Crippen molar-refractivity contribution in [3.05, 3.63) is 0 Å². The first kappa shape index (κ1) is 18.3. The molecule has 0 aliphatic carbocycles. The summed E-state index contributed by atoms with van der Waals surface area (Å²) in [7, 11) is 1.30. The van der Waals surface area contributed by atoms with Crippen LogP contribution in [0.4, 0.5) is 4.39 Å². The molecule has 0 unspecified atom stereocenters. The van der Waals surface area contributed by atoms with Crippen LogP contribution in [0, 0.1) is 0 Å². The Labute approximate surface area is 127 Å². The van der Waals surface area contributed by atoms with Gasteiger partial charge in [-0.15, -0.1) is 0 Å². The van der Waals surface area contributed by atoms with Gasteiger partial charge in [0, 0.05) is 27.9 Å². The summed E-state index contributed by atoms with van der Waals surface area (Å²) in [5.74, 6) is -1.80.